The Kier molecular flexibility index (Phi) is 6.95. The van der Waals surface area contributed by atoms with Gasteiger partial charge in [0, 0.05) is 22.3 Å². The van der Waals surface area contributed by atoms with Gasteiger partial charge in [0.1, 0.15) is 11.6 Å². The molecule has 0 N–H and O–H groups in total. The number of benzene rings is 4. The molecule has 49 heavy (non-hydrogen) atoms. The van der Waals surface area contributed by atoms with E-state index in [0.29, 0.717) is 50.7 Å². The lowest BCUT2D eigenvalue weighted by molar-refractivity contribution is -0.139. The molecule has 0 saturated heterocycles. The number of hydrogen-bond donors (Lipinski definition) is 0. The zero-order chi connectivity index (χ0) is 34.8. The SMILES string of the molecule is [C-]#[N+]/C(C#N)=C1/c2cc(-c3ccc(F)c(C(F)(F)F)c3)ccc2-c2nc3c(nc21)-c1ccc(-c2ccc(F)c(C)c2)cc1/C3=C(/C#N)[N+]#[C-]. The molecule has 0 fully saturated rings. The zero-order valence-electron chi connectivity index (χ0n) is 25.0. The molecule has 0 bridgehead atoms. The second-order valence-corrected chi connectivity index (χ2v) is 11.2. The Balaban J connectivity index is 1.46. The van der Waals surface area contributed by atoms with Gasteiger partial charge >= 0.3 is 6.18 Å². The fourth-order valence-corrected chi connectivity index (χ4v) is 6.19. The van der Waals surface area contributed by atoms with Crippen LogP contribution in [0.15, 0.2) is 84.2 Å². The molecule has 0 radical (unpaired) electrons. The summed E-state index contributed by atoms with van der Waals surface area (Å²) < 4.78 is 68.6. The summed E-state index contributed by atoms with van der Waals surface area (Å²) in [5, 5.41) is 19.9. The first-order chi connectivity index (χ1) is 23.5. The van der Waals surface area contributed by atoms with Crippen molar-refractivity contribution in [1.29, 1.82) is 10.5 Å². The van der Waals surface area contributed by atoms with Crippen molar-refractivity contribution in [3.8, 4) is 56.9 Å². The second-order valence-electron chi connectivity index (χ2n) is 11.2. The number of allylic oxidation sites excluding steroid dienone is 2. The summed E-state index contributed by atoms with van der Waals surface area (Å²) in [6.07, 6.45) is -4.93. The molecule has 0 spiro atoms. The molecule has 232 valence electrons. The molecule has 1 aromatic heterocycles. The summed E-state index contributed by atoms with van der Waals surface area (Å²) >= 11 is 0. The number of aryl methyl sites for hydroxylation is 1. The van der Waals surface area contributed by atoms with Crippen LogP contribution >= 0.6 is 0 Å². The van der Waals surface area contributed by atoms with E-state index in [1.807, 2.05) is 12.1 Å². The molecule has 0 atom stereocenters. The average molecular weight is 651 g/mol. The monoisotopic (exact) mass is 650 g/mol. The summed E-state index contributed by atoms with van der Waals surface area (Å²) in [5.41, 5.74) is 3.13. The van der Waals surface area contributed by atoms with Gasteiger partial charge in [-0.2, -0.15) is 13.2 Å². The zero-order valence-corrected chi connectivity index (χ0v) is 25.0. The van der Waals surface area contributed by atoms with Gasteiger partial charge in [-0.1, -0.05) is 36.4 Å². The number of alkyl halides is 3. The molecule has 5 aromatic rings. The van der Waals surface area contributed by atoms with Crippen LogP contribution < -0.4 is 0 Å². The van der Waals surface area contributed by atoms with Crippen molar-refractivity contribution in [2.45, 2.75) is 13.1 Å². The van der Waals surface area contributed by atoms with Gasteiger partial charge in [0.05, 0.1) is 53.6 Å². The normalized spacial score (nSPS) is 14.3. The summed E-state index contributed by atoms with van der Waals surface area (Å²) in [6, 6.07) is 20.9. The molecular weight excluding hydrogens is 635 g/mol. The van der Waals surface area contributed by atoms with E-state index in [-0.39, 0.29) is 56.6 Å². The first-order valence-electron chi connectivity index (χ1n) is 14.4. The third kappa shape index (κ3) is 4.73. The van der Waals surface area contributed by atoms with Crippen molar-refractivity contribution in [3.63, 3.8) is 0 Å². The van der Waals surface area contributed by atoms with E-state index >= 15 is 0 Å². The van der Waals surface area contributed by atoms with Crippen LogP contribution in [0.1, 0.15) is 33.6 Å². The van der Waals surface area contributed by atoms with Gasteiger partial charge in [-0.05, 0) is 82.3 Å². The number of fused-ring (bicyclic) bond motifs is 6. The highest BCUT2D eigenvalue weighted by atomic mass is 19.4. The summed E-state index contributed by atoms with van der Waals surface area (Å²) in [4.78, 5) is 16.6. The summed E-state index contributed by atoms with van der Waals surface area (Å²) in [6.45, 7) is 17.1. The molecular formula is C38H15F5N6. The van der Waals surface area contributed by atoms with E-state index < -0.39 is 17.6 Å². The van der Waals surface area contributed by atoms with Gasteiger partial charge in [-0.3, -0.25) is 0 Å². The maximum atomic E-state index is 14.1. The Hall–Kier alpha value is -6.95. The summed E-state index contributed by atoms with van der Waals surface area (Å²) in [7, 11) is 0. The van der Waals surface area contributed by atoms with Crippen LogP contribution in [0.3, 0.4) is 0 Å². The van der Waals surface area contributed by atoms with Crippen LogP contribution in [0.2, 0.25) is 0 Å². The lowest BCUT2D eigenvalue weighted by Crippen LogP contribution is -2.08. The van der Waals surface area contributed by atoms with E-state index in [1.54, 1.807) is 43.3 Å². The molecule has 4 aromatic carbocycles. The smallest absolute Gasteiger partial charge is 0.245 e. The number of rotatable bonds is 2. The molecule has 2 aliphatic carbocycles. The Morgan fingerprint density at radius 3 is 1.47 bits per heavy atom. The fourth-order valence-electron chi connectivity index (χ4n) is 6.19. The summed E-state index contributed by atoms with van der Waals surface area (Å²) in [5.74, 6) is -1.79. The van der Waals surface area contributed by atoms with Gasteiger partial charge in [-0.25, -0.2) is 39.0 Å². The highest BCUT2D eigenvalue weighted by Gasteiger charge is 2.37. The average Bonchev–Trinajstić information content (AvgIpc) is 3.57. The predicted octanol–water partition coefficient (Wildman–Crippen LogP) is 9.78. The number of hydrogen-bond acceptors (Lipinski definition) is 4. The van der Waals surface area contributed by atoms with E-state index in [9.17, 15) is 32.5 Å². The molecule has 0 unspecified atom stereocenters. The van der Waals surface area contributed by atoms with Crippen LogP contribution in [0, 0.1) is 54.4 Å². The molecule has 7 rings (SSSR count). The lowest BCUT2D eigenvalue weighted by Gasteiger charge is -2.11. The number of aromatic nitrogens is 2. The van der Waals surface area contributed by atoms with Crippen molar-refractivity contribution < 1.29 is 22.0 Å². The van der Waals surface area contributed by atoms with E-state index in [1.165, 1.54) is 24.3 Å². The molecule has 0 saturated carbocycles. The molecule has 11 heteroatoms. The van der Waals surface area contributed by atoms with Crippen molar-refractivity contribution in [2.75, 3.05) is 0 Å². The first kappa shape index (κ1) is 30.7. The van der Waals surface area contributed by atoms with Gasteiger partial charge in [0.2, 0.25) is 0 Å². The minimum absolute atomic E-state index is 0.0542. The fraction of sp³-hybridized carbons (Fsp3) is 0.0526. The Morgan fingerprint density at radius 1 is 0.612 bits per heavy atom. The largest absolute Gasteiger partial charge is 0.419 e. The van der Waals surface area contributed by atoms with Crippen LogP contribution in [-0.4, -0.2) is 9.97 Å². The van der Waals surface area contributed by atoms with Crippen LogP contribution in [0.4, 0.5) is 22.0 Å². The maximum absolute atomic E-state index is 14.1. The van der Waals surface area contributed by atoms with Crippen molar-refractivity contribution in [2.24, 2.45) is 0 Å². The third-order valence-electron chi connectivity index (χ3n) is 8.46. The van der Waals surface area contributed by atoms with Gasteiger partial charge < -0.3 is 0 Å². The Labute approximate surface area is 275 Å². The van der Waals surface area contributed by atoms with Gasteiger partial charge in [0.25, 0.3) is 11.4 Å². The van der Waals surface area contributed by atoms with E-state index in [4.69, 9.17) is 23.1 Å². The molecule has 0 aliphatic heterocycles. The van der Waals surface area contributed by atoms with Crippen LogP contribution in [0.5, 0.6) is 0 Å². The minimum atomic E-state index is -4.93. The topological polar surface area (TPSA) is 82.1 Å². The van der Waals surface area contributed by atoms with Gasteiger partial charge in [0.15, 0.2) is 0 Å². The van der Waals surface area contributed by atoms with Crippen LogP contribution in [-0.2, 0) is 6.18 Å². The van der Waals surface area contributed by atoms with E-state index in [2.05, 4.69) is 9.69 Å². The predicted molar refractivity (Wildman–Crippen MR) is 170 cm³/mol. The number of halogens is 5. The van der Waals surface area contributed by atoms with Crippen molar-refractivity contribution in [1.82, 2.24) is 9.97 Å². The Morgan fingerprint density at radius 2 is 1.04 bits per heavy atom. The van der Waals surface area contributed by atoms with Crippen LogP contribution in [0.25, 0.3) is 65.6 Å². The van der Waals surface area contributed by atoms with Crippen molar-refractivity contribution >= 4 is 11.1 Å². The van der Waals surface area contributed by atoms with Crippen molar-refractivity contribution in [3.05, 3.63) is 152 Å². The third-order valence-corrected chi connectivity index (χ3v) is 8.46. The quantitative estimate of drug-likeness (QED) is 0.106. The van der Waals surface area contributed by atoms with E-state index in [0.717, 1.165) is 6.07 Å². The highest BCUT2D eigenvalue weighted by Crippen LogP contribution is 2.51. The lowest BCUT2D eigenvalue weighted by atomic mass is 9.96. The molecule has 2 aliphatic rings. The Bertz CT molecular complexity index is 2540. The minimum Gasteiger partial charge on any atom is -0.245 e. The standard InChI is InChI=1S/C38H15F5N6/c1-18-12-19(6-10-28(18)39)20-4-8-23-25(13-20)32(30(16-44)46-2)36-34(23)48-37-33(31(17-45)47-3)26-14-21(5-9-24(26)35(37)49-36)22-7-11-29(40)27(15-22)38(41,42)43/h4-15H,1H3/b32-30+,33-31-. The first-order valence-corrected chi connectivity index (χ1v) is 14.4. The molecule has 1 heterocycles. The second kappa shape index (κ2) is 11.1. The molecule has 6 nitrogen and oxygen atoms in total. The number of nitriles is 2. The molecule has 0 amide bonds. The maximum Gasteiger partial charge on any atom is 0.419 e. The van der Waals surface area contributed by atoms with Gasteiger partial charge in [-0.15, -0.1) is 0 Å². The highest BCUT2D eigenvalue weighted by molar-refractivity contribution is 6.07. The number of nitrogens with zero attached hydrogens (tertiary/aromatic N) is 6.